The molecule has 31 heavy (non-hydrogen) atoms. The molecular weight excluding hydrogens is 396 g/mol. The molecule has 2 atom stereocenters. The van der Waals surface area contributed by atoms with Crippen LogP contribution in [0.2, 0.25) is 0 Å². The normalized spacial score (nSPS) is 16.4. The second-order valence-corrected chi connectivity index (χ2v) is 8.28. The number of rotatable bonds is 6. The van der Waals surface area contributed by atoms with Gasteiger partial charge in [-0.3, -0.25) is 4.79 Å². The van der Waals surface area contributed by atoms with E-state index in [1.807, 2.05) is 18.2 Å². The molecule has 0 fully saturated rings. The van der Waals surface area contributed by atoms with E-state index < -0.39 is 18.0 Å². The van der Waals surface area contributed by atoms with E-state index in [9.17, 15) is 14.4 Å². The number of hydrogen-bond acceptors (Lipinski definition) is 5. The molecule has 0 radical (unpaired) electrons. The van der Waals surface area contributed by atoms with E-state index in [1.54, 1.807) is 34.6 Å². The third-order valence-electron chi connectivity index (χ3n) is 5.53. The second-order valence-electron chi connectivity index (χ2n) is 8.28. The van der Waals surface area contributed by atoms with Gasteiger partial charge in [0, 0.05) is 5.69 Å². The zero-order chi connectivity index (χ0) is 22.7. The summed E-state index contributed by atoms with van der Waals surface area (Å²) >= 11 is 0. The average Bonchev–Trinajstić information content (AvgIpc) is 3.01. The minimum atomic E-state index is -0.976. The molecule has 1 aliphatic carbocycles. The summed E-state index contributed by atoms with van der Waals surface area (Å²) in [6.07, 6.45) is 1.59. The van der Waals surface area contributed by atoms with Crippen molar-refractivity contribution in [2.75, 3.05) is 0 Å². The maximum absolute atomic E-state index is 12.7. The molecule has 7 nitrogen and oxygen atoms in total. The molecule has 1 aromatic carbocycles. The number of amides is 1. The van der Waals surface area contributed by atoms with E-state index >= 15 is 0 Å². The molecule has 7 heteroatoms. The molecule has 2 N–H and O–H groups in total. The fourth-order valence-electron chi connectivity index (χ4n) is 4.00. The molecule has 2 aromatic rings. The van der Waals surface area contributed by atoms with Gasteiger partial charge in [0.15, 0.2) is 6.10 Å². The number of H-pyrrole nitrogens is 1. The molecule has 0 bridgehead atoms. The first-order chi connectivity index (χ1) is 14.7. The maximum atomic E-state index is 12.7. The van der Waals surface area contributed by atoms with Crippen LogP contribution in [0.15, 0.2) is 24.3 Å². The molecule has 0 spiro atoms. The van der Waals surface area contributed by atoms with Gasteiger partial charge in [0.25, 0.3) is 5.91 Å². The number of nitrogens with one attached hydrogen (secondary N) is 2. The molecule has 0 saturated heterocycles. The van der Waals surface area contributed by atoms with Crippen LogP contribution < -0.4 is 5.32 Å². The van der Waals surface area contributed by atoms with E-state index in [0.29, 0.717) is 16.8 Å². The van der Waals surface area contributed by atoms with Crippen LogP contribution in [0.5, 0.6) is 0 Å². The molecule has 0 aliphatic heterocycles. The highest BCUT2D eigenvalue weighted by atomic mass is 16.6. The first-order valence-electron chi connectivity index (χ1n) is 10.7. The summed E-state index contributed by atoms with van der Waals surface area (Å²) in [6, 6.07) is 7.98. The third kappa shape index (κ3) is 4.98. The second kappa shape index (κ2) is 9.37. The smallest absolute Gasteiger partial charge is 0.355 e. The number of carbonyl (C=O) groups is 3. The zero-order valence-electron chi connectivity index (χ0n) is 18.7. The molecule has 1 amide bonds. The van der Waals surface area contributed by atoms with E-state index in [2.05, 4.69) is 16.4 Å². The number of aromatic nitrogens is 1. The highest BCUT2D eigenvalue weighted by molar-refractivity contribution is 5.99. The Hall–Kier alpha value is -3.09. The Balaban J connectivity index is 1.67. The predicted octanol–water partition coefficient (Wildman–Crippen LogP) is 3.94. The van der Waals surface area contributed by atoms with Crippen molar-refractivity contribution >= 4 is 17.8 Å². The number of esters is 2. The summed E-state index contributed by atoms with van der Waals surface area (Å²) in [4.78, 5) is 40.6. The molecule has 0 unspecified atom stereocenters. The van der Waals surface area contributed by atoms with Crippen molar-refractivity contribution in [3.05, 3.63) is 57.9 Å². The van der Waals surface area contributed by atoms with E-state index in [0.717, 1.165) is 24.8 Å². The summed E-state index contributed by atoms with van der Waals surface area (Å²) < 4.78 is 10.7. The zero-order valence-corrected chi connectivity index (χ0v) is 18.7. The Morgan fingerprint density at radius 2 is 1.77 bits per heavy atom. The highest BCUT2D eigenvalue weighted by Gasteiger charge is 2.28. The van der Waals surface area contributed by atoms with Gasteiger partial charge in [-0.25, -0.2) is 9.59 Å². The molecule has 3 rings (SSSR count). The maximum Gasteiger partial charge on any atom is 0.355 e. The lowest BCUT2D eigenvalue weighted by atomic mass is 9.87. The van der Waals surface area contributed by atoms with Crippen LogP contribution in [0, 0.1) is 13.8 Å². The number of aromatic amines is 1. The third-order valence-corrected chi connectivity index (χ3v) is 5.53. The van der Waals surface area contributed by atoms with Crippen LogP contribution in [-0.2, 0) is 20.7 Å². The lowest BCUT2D eigenvalue weighted by Crippen LogP contribution is -2.39. The standard InChI is InChI=1S/C24H30N2O5/c1-13(2)30-23(28)20-14(3)21(25-15(20)4)24(29)31-16(5)22(27)26-19-12-8-10-17-9-6-7-11-18(17)19/h6-7,9,11,13,16,19,25H,8,10,12H2,1-5H3,(H,26,27)/t16-,19-/m1/s1. The van der Waals surface area contributed by atoms with Crippen molar-refractivity contribution in [3.63, 3.8) is 0 Å². The van der Waals surface area contributed by atoms with E-state index in [4.69, 9.17) is 9.47 Å². The molecule has 166 valence electrons. The number of aryl methyl sites for hydroxylation is 2. The number of hydrogen-bond donors (Lipinski definition) is 2. The van der Waals surface area contributed by atoms with Gasteiger partial charge in [-0.15, -0.1) is 0 Å². The first kappa shape index (κ1) is 22.6. The number of ether oxygens (including phenoxy) is 2. The predicted molar refractivity (Wildman–Crippen MR) is 116 cm³/mol. The van der Waals surface area contributed by atoms with E-state index in [-0.39, 0.29) is 23.7 Å². The van der Waals surface area contributed by atoms with Gasteiger partial charge >= 0.3 is 11.9 Å². The van der Waals surface area contributed by atoms with Crippen LogP contribution >= 0.6 is 0 Å². The van der Waals surface area contributed by atoms with Gasteiger partial charge < -0.3 is 19.8 Å². The van der Waals surface area contributed by atoms with E-state index in [1.165, 1.54) is 5.56 Å². The largest absolute Gasteiger partial charge is 0.459 e. The van der Waals surface area contributed by atoms with Gasteiger partial charge in [-0.2, -0.15) is 0 Å². The first-order valence-corrected chi connectivity index (χ1v) is 10.7. The Bertz CT molecular complexity index is 992. The van der Waals surface area contributed by atoms with Gasteiger partial charge in [-0.1, -0.05) is 24.3 Å². The quantitative estimate of drug-likeness (QED) is 0.682. The Kier molecular flexibility index (Phi) is 6.83. The summed E-state index contributed by atoms with van der Waals surface area (Å²) in [5.41, 5.74) is 3.78. The monoisotopic (exact) mass is 426 g/mol. The Labute approximate surface area is 182 Å². The lowest BCUT2D eigenvalue weighted by Gasteiger charge is -2.27. The lowest BCUT2D eigenvalue weighted by molar-refractivity contribution is -0.130. The Morgan fingerprint density at radius 1 is 1.06 bits per heavy atom. The number of carbonyl (C=O) groups excluding carboxylic acids is 3. The SMILES string of the molecule is Cc1[nH]c(C(=O)O[C@H](C)C(=O)N[C@@H]2CCCc3ccccc32)c(C)c1C(=O)OC(C)C. The number of fused-ring (bicyclic) bond motifs is 1. The van der Waals surface area contributed by atoms with Crippen molar-refractivity contribution in [1.29, 1.82) is 0 Å². The van der Waals surface area contributed by atoms with Crippen molar-refractivity contribution in [1.82, 2.24) is 10.3 Å². The fraction of sp³-hybridized carbons (Fsp3) is 0.458. The van der Waals surface area contributed by atoms with Crippen molar-refractivity contribution in [2.24, 2.45) is 0 Å². The highest BCUT2D eigenvalue weighted by Crippen LogP contribution is 2.29. The molecule has 1 heterocycles. The van der Waals surface area contributed by atoms with Crippen LogP contribution in [0.4, 0.5) is 0 Å². The van der Waals surface area contributed by atoms with Gasteiger partial charge in [0.1, 0.15) is 5.69 Å². The summed E-state index contributed by atoms with van der Waals surface area (Å²) in [5, 5.41) is 3.00. The van der Waals surface area contributed by atoms with Crippen molar-refractivity contribution in [3.8, 4) is 0 Å². The molecule has 1 aliphatic rings. The minimum absolute atomic E-state index is 0.0922. The number of benzene rings is 1. The van der Waals surface area contributed by atoms with Gasteiger partial charge in [-0.05, 0) is 70.6 Å². The topological polar surface area (TPSA) is 97.5 Å². The summed E-state index contributed by atoms with van der Waals surface area (Å²) in [6.45, 7) is 8.41. The van der Waals surface area contributed by atoms with Crippen molar-refractivity contribution < 1.29 is 23.9 Å². The van der Waals surface area contributed by atoms with Crippen LogP contribution in [0.25, 0.3) is 0 Å². The van der Waals surface area contributed by atoms with Crippen molar-refractivity contribution in [2.45, 2.75) is 72.1 Å². The Morgan fingerprint density at radius 3 is 2.48 bits per heavy atom. The van der Waals surface area contributed by atoms with Gasteiger partial charge in [0.2, 0.25) is 0 Å². The summed E-state index contributed by atoms with van der Waals surface area (Å²) in [7, 11) is 0. The molecule has 0 saturated carbocycles. The molecule has 1 aromatic heterocycles. The minimum Gasteiger partial charge on any atom is -0.459 e. The van der Waals surface area contributed by atoms with Crippen LogP contribution in [-0.4, -0.2) is 35.0 Å². The van der Waals surface area contributed by atoms with Crippen LogP contribution in [0.1, 0.15) is 82.9 Å². The van der Waals surface area contributed by atoms with Crippen LogP contribution in [0.3, 0.4) is 0 Å². The molecular formula is C24H30N2O5. The van der Waals surface area contributed by atoms with Gasteiger partial charge in [0.05, 0.1) is 17.7 Å². The average molecular weight is 427 g/mol. The summed E-state index contributed by atoms with van der Waals surface area (Å²) in [5.74, 6) is -1.53. The fourth-order valence-corrected chi connectivity index (χ4v) is 4.00.